The molecule has 1 aromatic rings. The third-order valence-electron chi connectivity index (χ3n) is 3.03. The van der Waals surface area contributed by atoms with Crippen molar-refractivity contribution in [1.29, 1.82) is 0 Å². The van der Waals surface area contributed by atoms with E-state index in [2.05, 4.69) is 0 Å². The maximum atomic E-state index is 12.0. The van der Waals surface area contributed by atoms with Gasteiger partial charge in [0.15, 0.2) is 9.84 Å². The van der Waals surface area contributed by atoms with E-state index in [4.69, 9.17) is 0 Å². The van der Waals surface area contributed by atoms with E-state index >= 15 is 0 Å². The number of hydrogen-bond acceptors (Lipinski definition) is 3. The molecule has 0 saturated heterocycles. The van der Waals surface area contributed by atoms with Crippen LogP contribution in [-0.2, 0) is 15.6 Å². The molecule has 1 N–H and O–H groups in total. The monoisotopic (exact) mass is 270 g/mol. The van der Waals surface area contributed by atoms with Gasteiger partial charge in [0.05, 0.1) is 17.1 Å². The summed E-state index contributed by atoms with van der Waals surface area (Å²) in [5.41, 5.74) is 1.95. The van der Waals surface area contributed by atoms with Crippen LogP contribution in [0.4, 0.5) is 0 Å². The van der Waals surface area contributed by atoms with Crippen molar-refractivity contribution in [3.05, 3.63) is 34.9 Å². The first-order valence-corrected chi connectivity index (χ1v) is 7.91. The van der Waals surface area contributed by atoms with Crippen LogP contribution in [0, 0.1) is 13.8 Å². The Labute approximate surface area is 110 Å². The Bertz CT molecular complexity index is 490. The quantitative estimate of drug-likeness (QED) is 0.893. The van der Waals surface area contributed by atoms with Crippen LogP contribution in [0.3, 0.4) is 0 Å². The van der Waals surface area contributed by atoms with Crippen LogP contribution >= 0.6 is 0 Å². The highest BCUT2D eigenvalue weighted by Gasteiger charge is 2.20. The fourth-order valence-electron chi connectivity index (χ4n) is 1.77. The van der Waals surface area contributed by atoms with Crippen molar-refractivity contribution in [2.75, 3.05) is 5.75 Å². The number of rotatable bonds is 5. The molecule has 1 rings (SSSR count). The van der Waals surface area contributed by atoms with Crippen LogP contribution in [0.5, 0.6) is 0 Å². The zero-order valence-electron chi connectivity index (χ0n) is 11.5. The summed E-state index contributed by atoms with van der Waals surface area (Å²) < 4.78 is 24.1. The lowest BCUT2D eigenvalue weighted by Gasteiger charge is -2.17. The van der Waals surface area contributed by atoms with Crippen LogP contribution in [-0.4, -0.2) is 24.9 Å². The average molecular weight is 270 g/mol. The predicted octanol–water partition coefficient (Wildman–Crippen LogP) is 2.38. The zero-order valence-corrected chi connectivity index (χ0v) is 12.3. The van der Waals surface area contributed by atoms with E-state index in [0.717, 1.165) is 16.7 Å². The van der Waals surface area contributed by atoms with Gasteiger partial charge in [-0.1, -0.05) is 18.2 Å². The summed E-state index contributed by atoms with van der Waals surface area (Å²) in [4.78, 5) is 0. The second-order valence-corrected chi connectivity index (χ2v) is 7.71. The van der Waals surface area contributed by atoms with Crippen LogP contribution in [0.2, 0.25) is 0 Å². The highest BCUT2D eigenvalue weighted by atomic mass is 32.2. The molecule has 0 heterocycles. The Morgan fingerprint density at radius 3 is 2.11 bits per heavy atom. The van der Waals surface area contributed by atoms with Crippen molar-refractivity contribution in [3.8, 4) is 0 Å². The van der Waals surface area contributed by atoms with Crippen LogP contribution in [0.15, 0.2) is 18.2 Å². The third kappa shape index (κ3) is 4.78. The molecule has 0 atom stereocenters. The Hall–Kier alpha value is -0.870. The second-order valence-electron chi connectivity index (χ2n) is 5.52. The van der Waals surface area contributed by atoms with Gasteiger partial charge in [0.2, 0.25) is 0 Å². The first-order valence-electron chi connectivity index (χ1n) is 6.09. The summed E-state index contributed by atoms with van der Waals surface area (Å²) in [6.45, 7) is 7.10. The normalized spacial score (nSPS) is 12.7. The predicted molar refractivity (Wildman–Crippen MR) is 74.3 cm³/mol. The largest absolute Gasteiger partial charge is 0.390 e. The number of sulfone groups is 1. The molecule has 4 heteroatoms. The summed E-state index contributed by atoms with van der Waals surface area (Å²) in [7, 11) is -3.17. The lowest BCUT2D eigenvalue weighted by atomic mass is 10.1. The molecule has 0 bridgehead atoms. The molecule has 0 aromatic heterocycles. The Kier molecular flexibility index (Phi) is 4.56. The Morgan fingerprint density at radius 1 is 1.17 bits per heavy atom. The fraction of sp³-hybridized carbons (Fsp3) is 0.571. The van der Waals surface area contributed by atoms with Crippen molar-refractivity contribution in [2.24, 2.45) is 0 Å². The van der Waals surface area contributed by atoms with Gasteiger partial charge in [0.25, 0.3) is 0 Å². The second kappa shape index (κ2) is 5.41. The smallest absolute Gasteiger partial charge is 0.154 e. The molecule has 0 spiro atoms. The maximum Gasteiger partial charge on any atom is 0.154 e. The molecule has 0 amide bonds. The lowest BCUT2D eigenvalue weighted by Crippen LogP contribution is -2.24. The van der Waals surface area contributed by atoms with Gasteiger partial charge in [-0.15, -0.1) is 0 Å². The molecule has 0 aliphatic heterocycles. The molecule has 0 radical (unpaired) electrons. The van der Waals surface area contributed by atoms with Crippen LogP contribution in [0.25, 0.3) is 0 Å². The third-order valence-corrected chi connectivity index (χ3v) is 4.59. The van der Waals surface area contributed by atoms with Gasteiger partial charge in [0, 0.05) is 0 Å². The molecular formula is C14H22O3S. The number of hydrogen-bond donors (Lipinski definition) is 1. The summed E-state index contributed by atoms with van der Waals surface area (Å²) in [5, 5.41) is 9.59. The minimum absolute atomic E-state index is 0.0181. The number of aliphatic hydroxyl groups is 1. The summed E-state index contributed by atoms with van der Waals surface area (Å²) in [6, 6.07) is 5.78. The molecule has 1 aromatic carbocycles. The SMILES string of the molecule is Cc1cccc(C)c1CS(=O)(=O)CCC(C)(C)O. The van der Waals surface area contributed by atoms with E-state index in [9.17, 15) is 13.5 Å². The Balaban J connectivity index is 2.84. The van der Waals surface area contributed by atoms with E-state index < -0.39 is 15.4 Å². The van der Waals surface area contributed by atoms with E-state index in [0.29, 0.717) is 0 Å². The van der Waals surface area contributed by atoms with Gasteiger partial charge in [-0.3, -0.25) is 0 Å². The zero-order chi connectivity index (χ0) is 14.0. The highest BCUT2D eigenvalue weighted by Crippen LogP contribution is 2.18. The molecule has 0 saturated carbocycles. The van der Waals surface area contributed by atoms with E-state index in [1.807, 2.05) is 32.0 Å². The van der Waals surface area contributed by atoms with E-state index in [-0.39, 0.29) is 17.9 Å². The summed E-state index contributed by atoms with van der Waals surface area (Å²) >= 11 is 0. The fourth-order valence-corrected chi connectivity index (χ4v) is 3.62. The van der Waals surface area contributed by atoms with Gasteiger partial charge < -0.3 is 5.11 Å². The minimum atomic E-state index is -3.17. The number of aryl methyl sites for hydroxylation is 2. The molecule has 0 unspecified atom stereocenters. The molecular weight excluding hydrogens is 248 g/mol. The van der Waals surface area contributed by atoms with Crippen molar-refractivity contribution >= 4 is 9.84 Å². The standard InChI is InChI=1S/C14H22O3S/c1-11-6-5-7-12(2)13(11)10-18(16,17)9-8-14(3,4)15/h5-7,15H,8-10H2,1-4H3. The lowest BCUT2D eigenvalue weighted by molar-refractivity contribution is 0.0772. The highest BCUT2D eigenvalue weighted by molar-refractivity contribution is 7.90. The molecule has 0 fully saturated rings. The molecule has 0 aliphatic carbocycles. The average Bonchev–Trinajstić information content (AvgIpc) is 2.20. The topological polar surface area (TPSA) is 54.4 Å². The molecule has 102 valence electrons. The van der Waals surface area contributed by atoms with Crippen molar-refractivity contribution < 1.29 is 13.5 Å². The van der Waals surface area contributed by atoms with Crippen molar-refractivity contribution in [2.45, 2.75) is 45.5 Å². The minimum Gasteiger partial charge on any atom is -0.390 e. The summed E-state index contributed by atoms with van der Waals surface area (Å²) in [5.74, 6) is 0.0753. The molecule has 0 aliphatic rings. The van der Waals surface area contributed by atoms with Gasteiger partial charge >= 0.3 is 0 Å². The van der Waals surface area contributed by atoms with Crippen molar-refractivity contribution in [1.82, 2.24) is 0 Å². The van der Waals surface area contributed by atoms with Crippen LogP contribution in [0.1, 0.15) is 37.0 Å². The maximum absolute atomic E-state index is 12.0. The Morgan fingerprint density at radius 2 is 1.67 bits per heavy atom. The first kappa shape index (κ1) is 15.2. The van der Waals surface area contributed by atoms with Gasteiger partial charge in [0.1, 0.15) is 0 Å². The van der Waals surface area contributed by atoms with Gasteiger partial charge in [-0.2, -0.15) is 0 Å². The van der Waals surface area contributed by atoms with E-state index in [1.54, 1.807) is 13.8 Å². The number of benzene rings is 1. The molecule has 3 nitrogen and oxygen atoms in total. The summed E-state index contributed by atoms with van der Waals surface area (Å²) in [6.07, 6.45) is 0.264. The molecule has 18 heavy (non-hydrogen) atoms. The van der Waals surface area contributed by atoms with Gasteiger partial charge in [-0.05, 0) is 50.8 Å². The van der Waals surface area contributed by atoms with E-state index in [1.165, 1.54) is 0 Å². The first-order chi connectivity index (χ1) is 8.11. The van der Waals surface area contributed by atoms with Crippen LogP contribution < -0.4 is 0 Å². The van der Waals surface area contributed by atoms with Crippen molar-refractivity contribution in [3.63, 3.8) is 0 Å². The van der Waals surface area contributed by atoms with Gasteiger partial charge in [-0.25, -0.2) is 8.42 Å².